The van der Waals surface area contributed by atoms with Crippen LogP contribution in [0.2, 0.25) is 0 Å². The summed E-state index contributed by atoms with van der Waals surface area (Å²) in [5, 5.41) is 8.76. The summed E-state index contributed by atoms with van der Waals surface area (Å²) in [5.41, 5.74) is 1.93. The van der Waals surface area contributed by atoms with Crippen molar-refractivity contribution < 1.29 is 4.74 Å². The molecule has 0 radical (unpaired) electrons. The van der Waals surface area contributed by atoms with Crippen LogP contribution >= 0.6 is 11.3 Å². The lowest BCUT2D eigenvalue weighted by molar-refractivity contribution is 0.181. The number of thiazole rings is 1. The maximum atomic E-state index is 5.22. The van der Waals surface area contributed by atoms with Crippen molar-refractivity contribution >= 4 is 11.3 Å². The number of ether oxygens (including phenoxy) is 1. The van der Waals surface area contributed by atoms with Crippen LogP contribution in [-0.4, -0.2) is 28.4 Å². The van der Waals surface area contributed by atoms with Crippen molar-refractivity contribution in [3.63, 3.8) is 0 Å². The van der Waals surface area contributed by atoms with Gasteiger partial charge in [-0.3, -0.25) is 4.68 Å². The first-order valence-corrected chi connectivity index (χ1v) is 7.24. The minimum absolute atomic E-state index is 0.548. The van der Waals surface area contributed by atoms with Crippen LogP contribution in [0.25, 0.3) is 10.7 Å². The number of hydrogen-bond acceptors (Lipinski definition) is 5. The molecule has 1 N–H and O–H groups in total. The van der Waals surface area contributed by atoms with Gasteiger partial charge in [0.15, 0.2) is 0 Å². The van der Waals surface area contributed by atoms with Gasteiger partial charge < -0.3 is 10.1 Å². The Kier molecular flexibility index (Phi) is 5.07. The smallest absolute Gasteiger partial charge is 0.144 e. The van der Waals surface area contributed by atoms with E-state index in [2.05, 4.69) is 22.3 Å². The fraction of sp³-hybridized carbons (Fsp3) is 0.538. The highest BCUT2D eigenvalue weighted by molar-refractivity contribution is 7.15. The zero-order valence-electron chi connectivity index (χ0n) is 11.6. The van der Waals surface area contributed by atoms with Crippen LogP contribution in [0.15, 0.2) is 12.3 Å². The van der Waals surface area contributed by atoms with Gasteiger partial charge in [-0.05, 0) is 19.0 Å². The topological polar surface area (TPSA) is 52.0 Å². The zero-order chi connectivity index (χ0) is 13.7. The zero-order valence-corrected chi connectivity index (χ0v) is 12.5. The number of aryl methyl sites for hydroxylation is 1. The quantitative estimate of drug-likeness (QED) is 0.790. The predicted molar refractivity (Wildman–Crippen MR) is 77.0 cm³/mol. The lowest BCUT2D eigenvalue weighted by Crippen LogP contribution is -2.14. The molecule has 0 amide bonds. The molecule has 0 aliphatic rings. The molecule has 5 nitrogen and oxygen atoms in total. The largest absolute Gasteiger partial charge is 0.378 e. The van der Waals surface area contributed by atoms with Crippen molar-refractivity contribution in [3.8, 4) is 10.7 Å². The van der Waals surface area contributed by atoms with Crippen molar-refractivity contribution in [2.24, 2.45) is 7.05 Å². The minimum Gasteiger partial charge on any atom is -0.378 e. The molecule has 2 heterocycles. The van der Waals surface area contributed by atoms with E-state index < -0.39 is 0 Å². The minimum atomic E-state index is 0.548. The second-order valence-electron chi connectivity index (χ2n) is 4.37. The van der Waals surface area contributed by atoms with Crippen molar-refractivity contribution in [3.05, 3.63) is 22.8 Å². The van der Waals surface area contributed by atoms with Crippen molar-refractivity contribution in [2.75, 3.05) is 13.7 Å². The van der Waals surface area contributed by atoms with E-state index >= 15 is 0 Å². The van der Waals surface area contributed by atoms with Gasteiger partial charge >= 0.3 is 0 Å². The highest BCUT2D eigenvalue weighted by Crippen LogP contribution is 2.27. The van der Waals surface area contributed by atoms with Gasteiger partial charge in [-0.15, -0.1) is 11.3 Å². The van der Waals surface area contributed by atoms with Crippen LogP contribution in [0.5, 0.6) is 0 Å². The Bertz CT molecular complexity index is 520. The van der Waals surface area contributed by atoms with Gasteiger partial charge in [0.2, 0.25) is 0 Å². The number of rotatable bonds is 7. The molecule has 0 spiro atoms. The Morgan fingerprint density at radius 3 is 2.95 bits per heavy atom. The van der Waals surface area contributed by atoms with Crippen molar-refractivity contribution in [1.82, 2.24) is 20.1 Å². The number of aromatic nitrogens is 3. The molecular formula is C13H20N4OS. The third kappa shape index (κ3) is 3.62. The van der Waals surface area contributed by atoms with Gasteiger partial charge in [-0.1, -0.05) is 6.92 Å². The Hall–Kier alpha value is -1.24. The van der Waals surface area contributed by atoms with Crippen molar-refractivity contribution in [2.45, 2.75) is 26.5 Å². The number of nitrogens with zero attached hydrogens (tertiary/aromatic N) is 3. The highest BCUT2D eigenvalue weighted by Gasteiger charge is 2.13. The third-order valence-corrected chi connectivity index (χ3v) is 3.82. The first-order chi connectivity index (χ1) is 9.24. The normalized spacial score (nSPS) is 11.1. The molecule has 2 rings (SSSR count). The molecule has 0 aromatic carbocycles. The van der Waals surface area contributed by atoms with Gasteiger partial charge in [0.25, 0.3) is 0 Å². The summed E-state index contributed by atoms with van der Waals surface area (Å²) < 4.78 is 7.01. The van der Waals surface area contributed by atoms with E-state index in [1.807, 2.05) is 19.3 Å². The summed E-state index contributed by atoms with van der Waals surface area (Å²) in [6.07, 6.45) is 3.06. The Balaban J connectivity index is 2.18. The average Bonchev–Trinajstić information content (AvgIpc) is 2.97. The fourth-order valence-corrected chi connectivity index (χ4v) is 2.79. The maximum Gasteiger partial charge on any atom is 0.144 e. The summed E-state index contributed by atoms with van der Waals surface area (Å²) in [6, 6.07) is 1.98. The summed E-state index contributed by atoms with van der Waals surface area (Å²) in [4.78, 5) is 5.87. The van der Waals surface area contributed by atoms with Crippen LogP contribution < -0.4 is 5.32 Å². The number of hydrogen-bond donors (Lipinski definition) is 1. The summed E-state index contributed by atoms with van der Waals surface area (Å²) in [5.74, 6) is 0. The molecule has 0 saturated carbocycles. The van der Waals surface area contributed by atoms with E-state index in [-0.39, 0.29) is 0 Å². The lowest BCUT2D eigenvalue weighted by atomic mass is 10.3. The molecule has 0 bridgehead atoms. The second kappa shape index (κ2) is 6.79. The number of nitrogens with one attached hydrogen (secondary N) is 1. The summed E-state index contributed by atoms with van der Waals surface area (Å²) >= 11 is 1.69. The molecule has 0 fully saturated rings. The Labute approximate surface area is 117 Å². The monoisotopic (exact) mass is 280 g/mol. The lowest BCUT2D eigenvalue weighted by Gasteiger charge is -2.02. The molecule has 0 atom stereocenters. The van der Waals surface area contributed by atoms with E-state index in [1.54, 1.807) is 23.1 Å². The van der Waals surface area contributed by atoms with E-state index in [1.165, 1.54) is 4.88 Å². The molecular weight excluding hydrogens is 260 g/mol. The summed E-state index contributed by atoms with van der Waals surface area (Å²) in [6.45, 7) is 4.57. The third-order valence-electron chi connectivity index (χ3n) is 2.70. The van der Waals surface area contributed by atoms with Gasteiger partial charge in [-0.2, -0.15) is 5.10 Å². The SMILES string of the molecule is CCCNCc1sc(-c2ccn(C)n2)nc1COC. The molecule has 104 valence electrons. The standard InChI is InChI=1S/C13H20N4OS/c1-4-6-14-8-12-11(9-18-3)15-13(19-12)10-5-7-17(2)16-10/h5,7,14H,4,6,8-9H2,1-3H3. The van der Waals surface area contributed by atoms with Crippen LogP contribution in [-0.2, 0) is 24.9 Å². The predicted octanol–water partition coefficient (Wildman–Crippen LogP) is 2.19. The molecule has 6 heteroatoms. The molecule has 19 heavy (non-hydrogen) atoms. The van der Waals surface area contributed by atoms with Gasteiger partial charge in [0.05, 0.1) is 12.3 Å². The van der Waals surface area contributed by atoms with E-state index in [9.17, 15) is 0 Å². The van der Waals surface area contributed by atoms with Crippen LogP contribution in [0.1, 0.15) is 23.9 Å². The highest BCUT2D eigenvalue weighted by atomic mass is 32.1. The average molecular weight is 280 g/mol. The van der Waals surface area contributed by atoms with Gasteiger partial charge in [0.1, 0.15) is 10.7 Å². The van der Waals surface area contributed by atoms with Gasteiger partial charge in [0, 0.05) is 31.8 Å². The van der Waals surface area contributed by atoms with E-state index in [0.29, 0.717) is 6.61 Å². The van der Waals surface area contributed by atoms with E-state index in [0.717, 1.165) is 35.9 Å². The fourth-order valence-electron chi connectivity index (χ4n) is 1.79. The molecule has 0 aliphatic heterocycles. The maximum absolute atomic E-state index is 5.22. The first-order valence-electron chi connectivity index (χ1n) is 6.42. The van der Waals surface area contributed by atoms with Crippen LogP contribution in [0, 0.1) is 0 Å². The van der Waals surface area contributed by atoms with Gasteiger partial charge in [-0.25, -0.2) is 4.98 Å². The van der Waals surface area contributed by atoms with Crippen LogP contribution in [0.3, 0.4) is 0 Å². The molecule has 0 unspecified atom stereocenters. The summed E-state index contributed by atoms with van der Waals surface area (Å²) in [7, 11) is 3.61. The molecule has 0 aliphatic carbocycles. The molecule has 2 aromatic rings. The first kappa shape index (κ1) is 14.2. The Morgan fingerprint density at radius 1 is 1.47 bits per heavy atom. The molecule has 0 saturated heterocycles. The Morgan fingerprint density at radius 2 is 2.32 bits per heavy atom. The second-order valence-corrected chi connectivity index (χ2v) is 5.46. The van der Waals surface area contributed by atoms with E-state index in [4.69, 9.17) is 4.74 Å². The van der Waals surface area contributed by atoms with Crippen molar-refractivity contribution in [1.29, 1.82) is 0 Å². The number of methoxy groups -OCH3 is 1. The molecule has 2 aromatic heterocycles. The van der Waals surface area contributed by atoms with Crippen LogP contribution in [0.4, 0.5) is 0 Å².